The third-order valence-corrected chi connectivity index (χ3v) is 4.99. The molecule has 0 aliphatic carbocycles. The van der Waals surface area contributed by atoms with Gasteiger partial charge in [0, 0.05) is 18.8 Å². The Morgan fingerprint density at radius 1 is 1.32 bits per heavy atom. The van der Waals surface area contributed by atoms with Crippen molar-refractivity contribution in [3.8, 4) is 0 Å². The number of nitrogens with zero attached hydrogens (tertiary/aromatic N) is 5. The van der Waals surface area contributed by atoms with Crippen LogP contribution < -0.4 is 10.6 Å². The number of aromatic nitrogens is 5. The van der Waals surface area contributed by atoms with Gasteiger partial charge in [-0.05, 0) is 36.9 Å². The van der Waals surface area contributed by atoms with E-state index in [1.807, 2.05) is 15.3 Å². The number of piperidine rings is 1. The molecule has 130 valence electrons. The highest BCUT2D eigenvalue weighted by Crippen LogP contribution is 2.29. The van der Waals surface area contributed by atoms with Crippen LogP contribution >= 0.6 is 0 Å². The molecule has 0 radical (unpaired) electrons. The normalized spacial score (nSPS) is 20.6. The summed E-state index contributed by atoms with van der Waals surface area (Å²) in [6.07, 6.45) is 6.09. The van der Waals surface area contributed by atoms with Gasteiger partial charge in [-0.25, -0.2) is 9.50 Å². The van der Waals surface area contributed by atoms with Crippen molar-refractivity contribution >= 4 is 17.2 Å². The van der Waals surface area contributed by atoms with Crippen LogP contribution in [0.3, 0.4) is 0 Å². The minimum absolute atomic E-state index is 0.506. The first-order valence-electron chi connectivity index (χ1n) is 8.82. The number of nitrogens with one attached hydrogen (secondary N) is 2. The highest BCUT2D eigenvalue weighted by molar-refractivity contribution is 5.73. The van der Waals surface area contributed by atoms with Crippen molar-refractivity contribution in [1.29, 1.82) is 0 Å². The first kappa shape index (κ1) is 14.9. The number of hydrogen-bond acceptors (Lipinski definition) is 6. The lowest BCUT2D eigenvalue weighted by molar-refractivity contribution is 0.0801. The molecule has 2 N–H and O–H groups in total. The number of anilines is 2. The van der Waals surface area contributed by atoms with Gasteiger partial charge in [-0.3, -0.25) is 4.68 Å². The lowest BCUT2D eigenvalue weighted by Gasteiger charge is -2.23. The van der Waals surface area contributed by atoms with E-state index in [-0.39, 0.29) is 0 Å². The Labute approximate surface area is 145 Å². The molecule has 25 heavy (non-hydrogen) atoms. The van der Waals surface area contributed by atoms with Crippen LogP contribution in [0.5, 0.6) is 0 Å². The van der Waals surface area contributed by atoms with Gasteiger partial charge >= 0.3 is 0 Å². The molecule has 0 unspecified atom stereocenters. The molecular weight excluding hydrogens is 318 g/mol. The van der Waals surface area contributed by atoms with E-state index in [1.54, 1.807) is 6.33 Å². The zero-order valence-electron chi connectivity index (χ0n) is 14.0. The minimum Gasteiger partial charge on any atom is -0.373 e. The van der Waals surface area contributed by atoms with E-state index in [2.05, 4.69) is 38.1 Å². The lowest BCUT2D eigenvalue weighted by atomic mass is 9.92. The van der Waals surface area contributed by atoms with Crippen LogP contribution in [0.2, 0.25) is 0 Å². The second-order valence-electron chi connectivity index (χ2n) is 6.68. The van der Waals surface area contributed by atoms with Crippen molar-refractivity contribution in [2.24, 2.45) is 0 Å². The number of rotatable bonds is 3. The van der Waals surface area contributed by atoms with Crippen molar-refractivity contribution in [1.82, 2.24) is 29.7 Å². The van der Waals surface area contributed by atoms with Gasteiger partial charge < -0.3 is 15.4 Å². The van der Waals surface area contributed by atoms with E-state index in [0.29, 0.717) is 19.1 Å². The van der Waals surface area contributed by atoms with Crippen LogP contribution in [-0.4, -0.2) is 44.1 Å². The highest BCUT2D eigenvalue weighted by Gasteiger charge is 2.19. The van der Waals surface area contributed by atoms with E-state index < -0.39 is 0 Å². The zero-order valence-corrected chi connectivity index (χ0v) is 14.0. The molecular formula is C17H21N7O. The quantitative estimate of drug-likeness (QED) is 0.755. The van der Waals surface area contributed by atoms with Gasteiger partial charge in [0.15, 0.2) is 11.5 Å². The van der Waals surface area contributed by atoms with Gasteiger partial charge in [0.1, 0.15) is 6.33 Å². The second kappa shape index (κ2) is 6.12. The summed E-state index contributed by atoms with van der Waals surface area (Å²) in [4.78, 5) is 4.40. The van der Waals surface area contributed by atoms with Gasteiger partial charge in [0.05, 0.1) is 31.1 Å². The van der Waals surface area contributed by atoms with Crippen molar-refractivity contribution in [3.63, 3.8) is 0 Å². The molecule has 8 heteroatoms. The maximum absolute atomic E-state index is 5.49. The van der Waals surface area contributed by atoms with E-state index in [0.717, 1.165) is 42.5 Å². The lowest BCUT2D eigenvalue weighted by Crippen LogP contribution is -2.28. The number of fused-ring (bicyclic) bond motifs is 2. The average molecular weight is 339 g/mol. The Hall–Kier alpha value is -2.45. The molecule has 0 saturated carbocycles. The monoisotopic (exact) mass is 339 g/mol. The third kappa shape index (κ3) is 2.77. The summed E-state index contributed by atoms with van der Waals surface area (Å²) in [6, 6.07) is 4.23. The van der Waals surface area contributed by atoms with Crippen molar-refractivity contribution in [3.05, 3.63) is 35.9 Å². The molecule has 0 spiro atoms. The molecule has 5 rings (SSSR count). The molecule has 3 aromatic heterocycles. The van der Waals surface area contributed by atoms with Crippen LogP contribution in [0.1, 0.15) is 30.0 Å². The van der Waals surface area contributed by atoms with Gasteiger partial charge in [0.25, 0.3) is 0 Å². The topological polar surface area (TPSA) is 81.3 Å². The van der Waals surface area contributed by atoms with Gasteiger partial charge in [-0.15, -0.1) is 0 Å². The summed E-state index contributed by atoms with van der Waals surface area (Å²) in [5, 5.41) is 15.9. The number of hydrogen-bond donors (Lipinski definition) is 2. The first-order valence-corrected chi connectivity index (χ1v) is 8.82. The van der Waals surface area contributed by atoms with Crippen LogP contribution in [0, 0.1) is 0 Å². The fraction of sp³-hybridized carbons (Fsp3) is 0.471. The summed E-state index contributed by atoms with van der Waals surface area (Å²) in [5.41, 5.74) is 4.13. The number of pyridine rings is 1. The largest absolute Gasteiger partial charge is 0.373 e. The molecule has 1 atom stereocenters. The molecule has 0 amide bonds. The summed E-state index contributed by atoms with van der Waals surface area (Å²) < 4.78 is 9.35. The minimum atomic E-state index is 0.506. The predicted octanol–water partition coefficient (Wildman–Crippen LogP) is 1.67. The van der Waals surface area contributed by atoms with Crippen LogP contribution in [0.25, 0.3) is 5.65 Å². The Balaban J connectivity index is 1.50. The Morgan fingerprint density at radius 3 is 3.20 bits per heavy atom. The van der Waals surface area contributed by atoms with E-state index >= 15 is 0 Å². The van der Waals surface area contributed by atoms with Crippen molar-refractivity contribution < 1.29 is 4.74 Å². The predicted molar refractivity (Wildman–Crippen MR) is 93.0 cm³/mol. The van der Waals surface area contributed by atoms with Crippen LogP contribution in [-0.2, 0) is 17.9 Å². The maximum Gasteiger partial charge on any atom is 0.178 e. The van der Waals surface area contributed by atoms with E-state index in [9.17, 15) is 0 Å². The van der Waals surface area contributed by atoms with Crippen LogP contribution in [0.4, 0.5) is 11.5 Å². The summed E-state index contributed by atoms with van der Waals surface area (Å²) >= 11 is 0. The molecule has 0 aromatic carbocycles. The molecule has 8 nitrogen and oxygen atoms in total. The Kier molecular flexibility index (Phi) is 3.64. The third-order valence-electron chi connectivity index (χ3n) is 4.99. The summed E-state index contributed by atoms with van der Waals surface area (Å²) in [6.45, 7) is 4.24. The smallest absolute Gasteiger partial charge is 0.178 e. The zero-order chi connectivity index (χ0) is 16.6. The molecule has 1 saturated heterocycles. The van der Waals surface area contributed by atoms with E-state index in [1.165, 1.54) is 18.4 Å². The number of ether oxygens (including phenoxy) is 1. The van der Waals surface area contributed by atoms with E-state index in [4.69, 9.17) is 4.74 Å². The average Bonchev–Trinajstić information content (AvgIpc) is 3.28. The summed E-state index contributed by atoms with van der Waals surface area (Å²) in [7, 11) is 0. The molecule has 2 aliphatic heterocycles. The second-order valence-corrected chi connectivity index (χ2v) is 6.68. The molecule has 2 aliphatic rings. The molecule has 5 heterocycles. The standard InChI is InChI=1S/C17H21N7O/c1-2-12(8-18-3-1)13-6-15(17-19-11-20-24(17)9-13)21-16-7-14-10-25-5-4-23(14)22-16/h6-7,9,11-12,18H,1-5,8,10H2,(H,21,22)/t12-/m0/s1. The van der Waals surface area contributed by atoms with Crippen LogP contribution in [0.15, 0.2) is 24.7 Å². The Morgan fingerprint density at radius 2 is 2.32 bits per heavy atom. The van der Waals surface area contributed by atoms with Gasteiger partial charge in [0.2, 0.25) is 0 Å². The fourth-order valence-corrected chi connectivity index (χ4v) is 3.69. The van der Waals surface area contributed by atoms with Crippen molar-refractivity contribution in [2.45, 2.75) is 31.9 Å². The summed E-state index contributed by atoms with van der Waals surface area (Å²) in [5.74, 6) is 1.33. The maximum atomic E-state index is 5.49. The molecule has 0 bridgehead atoms. The van der Waals surface area contributed by atoms with Gasteiger partial charge in [-0.1, -0.05) is 0 Å². The SMILES string of the molecule is c1nc2c(Nc3cc4n(n3)CCOC4)cc([C@H]3CCCNC3)cn2n1. The highest BCUT2D eigenvalue weighted by atomic mass is 16.5. The molecule has 1 fully saturated rings. The first-order chi connectivity index (χ1) is 12.4. The van der Waals surface area contributed by atoms with Crippen molar-refractivity contribution in [2.75, 3.05) is 25.0 Å². The van der Waals surface area contributed by atoms with Gasteiger partial charge in [-0.2, -0.15) is 10.2 Å². The fourth-order valence-electron chi connectivity index (χ4n) is 3.69. The molecule has 3 aromatic rings. The Bertz CT molecular complexity index is 870.